The van der Waals surface area contributed by atoms with Gasteiger partial charge in [0.1, 0.15) is 0 Å². The predicted molar refractivity (Wildman–Crippen MR) is 60.7 cm³/mol. The molecule has 0 aromatic heterocycles. The second kappa shape index (κ2) is 4.13. The monoisotopic (exact) mass is 253 g/mol. The van der Waals surface area contributed by atoms with E-state index >= 15 is 0 Å². The minimum atomic E-state index is 0.536. The third-order valence-electron chi connectivity index (χ3n) is 2.14. The summed E-state index contributed by atoms with van der Waals surface area (Å²) < 4.78 is 6.63. The van der Waals surface area contributed by atoms with E-state index in [2.05, 4.69) is 27.8 Å². The first-order chi connectivity index (χ1) is 6.75. The van der Waals surface area contributed by atoms with Crippen LogP contribution in [0, 0.1) is 5.92 Å². The van der Waals surface area contributed by atoms with Crippen molar-refractivity contribution in [2.75, 3.05) is 13.2 Å². The molecule has 3 heteroatoms. The largest absolute Gasteiger partial charge is 0.477 e. The van der Waals surface area contributed by atoms with Gasteiger partial charge in [0, 0.05) is 22.5 Å². The van der Waals surface area contributed by atoms with E-state index in [0.29, 0.717) is 5.92 Å². The molecule has 0 saturated heterocycles. The lowest BCUT2D eigenvalue weighted by Gasteiger charge is -2.18. The first kappa shape index (κ1) is 9.71. The van der Waals surface area contributed by atoms with Crippen molar-refractivity contribution in [2.24, 2.45) is 10.9 Å². The van der Waals surface area contributed by atoms with Crippen LogP contribution >= 0.6 is 15.9 Å². The van der Waals surface area contributed by atoms with Crippen LogP contribution in [0.1, 0.15) is 12.5 Å². The van der Waals surface area contributed by atoms with E-state index < -0.39 is 0 Å². The highest BCUT2D eigenvalue weighted by Crippen LogP contribution is 2.14. The molecule has 1 aliphatic rings. The van der Waals surface area contributed by atoms with Gasteiger partial charge in [-0.2, -0.15) is 0 Å². The van der Waals surface area contributed by atoms with Crippen molar-refractivity contribution in [3.05, 3.63) is 34.3 Å². The summed E-state index contributed by atoms with van der Waals surface area (Å²) in [7, 11) is 0. The van der Waals surface area contributed by atoms with Crippen molar-refractivity contribution < 1.29 is 4.74 Å². The van der Waals surface area contributed by atoms with Gasteiger partial charge in [-0.3, -0.25) is 4.99 Å². The summed E-state index contributed by atoms with van der Waals surface area (Å²) in [6.45, 7) is 3.78. The molecule has 1 heterocycles. The smallest absolute Gasteiger partial charge is 0.216 e. The van der Waals surface area contributed by atoms with Crippen LogP contribution in [0.15, 0.2) is 33.7 Å². The van der Waals surface area contributed by atoms with Gasteiger partial charge in [0.25, 0.3) is 0 Å². The van der Waals surface area contributed by atoms with Crippen LogP contribution in [-0.2, 0) is 4.74 Å². The minimum absolute atomic E-state index is 0.536. The summed E-state index contributed by atoms with van der Waals surface area (Å²) in [5.41, 5.74) is 1.06. The van der Waals surface area contributed by atoms with Crippen molar-refractivity contribution in [2.45, 2.75) is 6.92 Å². The van der Waals surface area contributed by atoms with Gasteiger partial charge in [0.2, 0.25) is 5.90 Å². The number of benzene rings is 1. The maximum atomic E-state index is 5.55. The van der Waals surface area contributed by atoms with Gasteiger partial charge in [-0.1, -0.05) is 22.9 Å². The summed E-state index contributed by atoms with van der Waals surface area (Å²) in [5, 5.41) is 0. The average molecular weight is 254 g/mol. The maximum Gasteiger partial charge on any atom is 0.216 e. The molecular weight excluding hydrogens is 242 g/mol. The van der Waals surface area contributed by atoms with Gasteiger partial charge in [-0.05, 0) is 24.3 Å². The van der Waals surface area contributed by atoms with Crippen LogP contribution in [0.3, 0.4) is 0 Å². The molecule has 0 fully saturated rings. The Morgan fingerprint density at radius 1 is 1.36 bits per heavy atom. The van der Waals surface area contributed by atoms with Crippen LogP contribution < -0.4 is 0 Å². The molecule has 1 aliphatic heterocycles. The summed E-state index contributed by atoms with van der Waals surface area (Å²) in [4.78, 5) is 4.39. The summed E-state index contributed by atoms with van der Waals surface area (Å²) >= 11 is 3.40. The Kier molecular flexibility index (Phi) is 2.87. The molecule has 1 aromatic carbocycles. The molecule has 0 amide bonds. The summed E-state index contributed by atoms with van der Waals surface area (Å²) in [6.07, 6.45) is 0. The van der Waals surface area contributed by atoms with Crippen LogP contribution in [0.25, 0.3) is 0 Å². The van der Waals surface area contributed by atoms with Gasteiger partial charge in [0.15, 0.2) is 0 Å². The molecule has 1 atom stereocenters. The van der Waals surface area contributed by atoms with E-state index in [0.717, 1.165) is 29.1 Å². The highest BCUT2D eigenvalue weighted by Gasteiger charge is 2.13. The fourth-order valence-electron chi connectivity index (χ4n) is 1.33. The number of ether oxygens (including phenoxy) is 1. The van der Waals surface area contributed by atoms with Gasteiger partial charge in [-0.25, -0.2) is 0 Å². The lowest BCUT2D eigenvalue weighted by atomic mass is 10.1. The molecule has 0 spiro atoms. The maximum absolute atomic E-state index is 5.55. The summed E-state index contributed by atoms with van der Waals surface area (Å²) in [5.74, 6) is 1.31. The average Bonchev–Trinajstić information content (AvgIpc) is 2.21. The molecule has 0 saturated carbocycles. The fourth-order valence-corrected chi connectivity index (χ4v) is 1.59. The number of rotatable bonds is 1. The molecule has 14 heavy (non-hydrogen) atoms. The molecule has 0 unspecified atom stereocenters. The van der Waals surface area contributed by atoms with E-state index in [4.69, 9.17) is 4.74 Å². The standard InChI is InChI=1S/C11H12BrNO/c1-8-6-13-11(14-7-8)9-2-4-10(12)5-3-9/h2-5,8H,6-7H2,1H3/t8-/m0/s1. The second-order valence-electron chi connectivity index (χ2n) is 3.57. The zero-order chi connectivity index (χ0) is 9.97. The van der Waals surface area contributed by atoms with Crippen LogP contribution in [0.4, 0.5) is 0 Å². The van der Waals surface area contributed by atoms with E-state index in [-0.39, 0.29) is 0 Å². The number of hydrogen-bond acceptors (Lipinski definition) is 2. The first-order valence-electron chi connectivity index (χ1n) is 4.69. The first-order valence-corrected chi connectivity index (χ1v) is 5.48. The van der Waals surface area contributed by atoms with Crippen LogP contribution in [0.2, 0.25) is 0 Å². The highest BCUT2D eigenvalue weighted by molar-refractivity contribution is 9.10. The molecule has 0 N–H and O–H groups in total. The Bertz CT molecular complexity index is 345. The Balaban J connectivity index is 2.19. The van der Waals surface area contributed by atoms with E-state index in [9.17, 15) is 0 Å². The molecule has 0 radical (unpaired) electrons. The molecule has 2 rings (SSSR count). The molecule has 2 nitrogen and oxygen atoms in total. The molecule has 1 aromatic rings. The lowest BCUT2D eigenvalue weighted by Crippen LogP contribution is -2.21. The molecule has 74 valence electrons. The Hall–Kier alpha value is -0.830. The molecular formula is C11H12BrNO. The van der Waals surface area contributed by atoms with Crippen molar-refractivity contribution >= 4 is 21.8 Å². The third kappa shape index (κ3) is 2.15. The molecule has 0 bridgehead atoms. The third-order valence-corrected chi connectivity index (χ3v) is 2.67. The second-order valence-corrected chi connectivity index (χ2v) is 4.48. The fraction of sp³-hybridized carbons (Fsp3) is 0.364. The Labute approximate surface area is 92.1 Å². The Morgan fingerprint density at radius 2 is 2.07 bits per heavy atom. The topological polar surface area (TPSA) is 21.6 Å². The number of aliphatic imine (C=N–C) groups is 1. The van der Waals surface area contributed by atoms with Gasteiger partial charge in [0.05, 0.1) is 6.61 Å². The lowest BCUT2D eigenvalue weighted by molar-refractivity contribution is 0.232. The predicted octanol–water partition coefficient (Wildman–Crippen LogP) is 2.86. The van der Waals surface area contributed by atoms with Crippen LogP contribution in [0.5, 0.6) is 0 Å². The van der Waals surface area contributed by atoms with Crippen molar-refractivity contribution in [1.29, 1.82) is 0 Å². The van der Waals surface area contributed by atoms with Crippen molar-refractivity contribution in [3.63, 3.8) is 0 Å². The van der Waals surface area contributed by atoms with Crippen LogP contribution in [-0.4, -0.2) is 19.0 Å². The van der Waals surface area contributed by atoms with Crippen molar-refractivity contribution in [3.8, 4) is 0 Å². The minimum Gasteiger partial charge on any atom is -0.477 e. The number of halogens is 1. The SMILES string of the molecule is C[C@H]1CN=C(c2ccc(Br)cc2)OC1. The highest BCUT2D eigenvalue weighted by atomic mass is 79.9. The van der Waals surface area contributed by atoms with E-state index in [1.165, 1.54) is 0 Å². The van der Waals surface area contributed by atoms with Gasteiger partial charge < -0.3 is 4.74 Å². The quantitative estimate of drug-likeness (QED) is 0.755. The van der Waals surface area contributed by atoms with E-state index in [1.807, 2.05) is 24.3 Å². The number of nitrogens with zero attached hydrogens (tertiary/aromatic N) is 1. The zero-order valence-corrected chi connectivity index (χ0v) is 9.62. The summed E-state index contributed by atoms with van der Waals surface area (Å²) in [6, 6.07) is 8.02. The molecule has 0 aliphatic carbocycles. The van der Waals surface area contributed by atoms with Gasteiger partial charge >= 0.3 is 0 Å². The Morgan fingerprint density at radius 3 is 2.64 bits per heavy atom. The number of hydrogen-bond donors (Lipinski definition) is 0. The normalized spacial score (nSPS) is 21.3. The van der Waals surface area contributed by atoms with Crippen molar-refractivity contribution in [1.82, 2.24) is 0 Å². The van der Waals surface area contributed by atoms with Gasteiger partial charge in [-0.15, -0.1) is 0 Å². The van der Waals surface area contributed by atoms with E-state index in [1.54, 1.807) is 0 Å². The zero-order valence-electron chi connectivity index (χ0n) is 8.03.